The summed E-state index contributed by atoms with van der Waals surface area (Å²) in [7, 11) is 0. The summed E-state index contributed by atoms with van der Waals surface area (Å²) in [5, 5.41) is 21.4. The molecule has 0 aliphatic rings. The Hall–Kier alpha value is -3.09. The van der Waals surface area contributed by atoms with E-state index < -0.39 is 11.8 Å². The number of rotatable bonds is 4. The molecule has 0 atom stereocenters. The number of aromatic nitrogens is 2. The van der Waals surface area contributed by atoms with Crippen LogP contribution in [0.15, 0.2) is 36.5 Å². The molecule has 1 aromatic carbocycles. The number of carbonyl (C=O) groups is 1. The smallest absolute Gasteiger partial charge is 0.322 e. The number of hydrogen-bond acceptors (Lipinski definition) is 4. The van der Waals surface area contributed by atoms with E-state index in [1.54, 1.807) is 18.3 Å². The van der Waals surface area contributed by atoms with Gasteiger partial charge in [-0.3, -0.25) is 4.79 Å². The van der Waals surface area contributed by atoms with Gasteiger partial charge in [-0.25, -0.2) is 9.37 Å². The Morgan fingerprint density at radius 2 is 2.09 bits per heavy atom. The van der Waals surface area contributed by atoms with Crippen molar-refractivity contribution in [3.05, 3.63) is 42.3 Å². The molecule has 7 heteroatoms. The third-order valence-electron chi connectivity index (χ3n) is 3.19. The van der Waals surface area contributed by atoms with Gasteiger partial charge in [-0.1, -0.05) is 0 Å². The molecule has 0 radical (unpaired) electrons. The van der Waals surface area contributed by atoms with Crippen molar-refractivity contribution in [2.24, 2.45) is 0 Å². The van der Waals surface area contributed by atoms with E-state index in [4.69, 9.17) is 5.11 Å². The molecule has 0 amide bonds. The van der Waals surface area contributed by atoms with E-state index in [-0.39, 0.29) is 12.3 Å². The van der Waals surface area contributed by atoms with Crippen LogP contribution in [0.3, 0.4) is 0 Å². The van der Waals surface area contributed by atoms with Crippen molar-refractivity contribution in [1.29, 1.82) is 0 Å². The molecule has 3 rings (SSSR count). The number of pyridine rings is 1. The zero-order valence-corrected chi connectivity index (χ0v) is 11.3. The first-order valence-electron chi connectivity index (χ1n) is 6.47. The van der Waals surface area contributed by atoms with E-state index in [2.05, 4.69) is 15.3 Å². The van der Waals surface area contributed by atoms with Crippen LogP contribution in [0.1, 0.15) is 0 Å². The van der Waals surface area contributed by atoms with Gasteiger partial charge in [0.05, 0.1) is 0 Å². The van der Waals surface area contributed by atoms with Crippen LogP contribution in [0, 0.1) is 5.82 Å². The quantitative estimate of drug-likeness (QED) is 0.593. The lowest BCUT2D eigenvalue weighted by Crippen LogP contribution is -2.13. The third-order valence-corrected chi connectivity index (χ3v) is 3.19. The number of H-pyrrole nitrogens is 1. The molecule has 0 spiro atoms. The number of carboxylic acids is 1. The molecule has 112 valence electrons. The largest absolute Gasteiger partial charge is 0.508 e. The molecule has 2 heterocycles. The number of phenolic OH excluding ortho intramolecular Hbond substituents is 1. The van der Waals surface area contributed by atoms with Gasteiger partial charge in [0, 0.05) is 23.2 Å². The van der Waals surface area contributed by atoms with Crippen molar-refractivity contribution in [2.75, 3.05) is 11.9 Å². The van der Waals surface area contributed by atoms with Crippen molar-refractivity contribution in [3.63, 3.8) is 0 Å². The molecule has 6 nitrogen and oxygen atoms in total. The molecule has 3 aromatic rings. The van der Waals surface area contributed by atoms with E-state index >= 15 is 0 Å². The van der Waals surface area contributed by atoms with Crippen molar-refractivity contribution >= 4 is 22.8 Å². The average Bonchev–Trinajstić information content (AvgIpc) is 2.93. The van der Waals surface area contributed by atoms with Crippen LogP contribution < -0.4 is 5.32 Å². The highest BCUT2D eigenvalue weighted by molar-refractivity contribution is 5.95. The molecule has 0 saturated carbocycles. The number of phenols is 1. The van der Waals surface area contributed by atoms with Gasteiger partial charge >= 0.3 is 5.97 Å². The van der Waals surface area contributed by atoms with Gasteiger partial charge in [0.1, 0.15) is 29.6 Å². The summed E-state index contributed by atoms with van der Waals surface area (Å²) < 4.78 is 14.1. The summed E-state index contributed by atoms with van der Waals surface area (Å²) in [6.45, 7) is -0.295. The van der Waals surface area contributed by atoms with Gasteiger partial charge < -0.3 is 20.5 Å². The van der Waals surface area contributed by atoms with E-state index in [0.29, 0.717) is 28.0 Å². The molecule has 0 bridgehead atoms. The van der Waals surface area contributed by atoms with Gasteiger partial charge in [-0.05, 0) is 29.8 Å². The Labute approximate surface area is 124 Å². The van der Waals surface area contributed by atoms with E-state index in [0.717, 1.165) is 6.07 Å². The molecule has 4 N–H and O–H groups in total. The van der Waals surface area contributed by atoms with Gasteiger partial charge in [0.15, 0.2) is 0 Å². The average molecular weight is 301 g/mol. The number of carboxylic acid groups (broad SMARTS) is 1. The number of anilines is 1. The number of aliphatic carboxylic acids is 1. The predicted octanol–water partition coefficient (Wildman–Crippen LogP) is 2.57. The zero-order valence-electron chi connectivity index (χ0n) is 11.3. The molecular formula is C15H12FN3O3. The SMILES string of the molecule is O=C(O)CNc1cc(-c2ccc(O)cc2F)c2cc[nH]c2n1. The molecule has 0 saturated heterocycles. The normalized spacial score (nSPS) is 10.8. The minimum Gasteiger partial charge on any atom is -0.508 e. The molecule has 2 aromatic heterocycles. The molecule has 0 aliphatic heterocycles. The zero-order chi connectivity index (χ0) is 15.7. The monoisotopic (exact) mass is 301 g/mol. The lowest BCUT2D eigenvalue weighted by molar-refractivity contribution is -0.134. The number of fused-ring (bicyclic) bond motifs is 1. The maximum Gasteiger partial charge on any atom is 0.322 e. The Kier molecular flexibility index (Phi) is 3.38. The second-order valence-corrected chi connectivity index (χ2v) is 4.71. The second-order valence-electron chi connectivity index (χ2n) is 4.71. The topological polar surface area (TPSA) is 98.2 Å². The number of hydrogen-bond donors (Lipinski definition) is 4. The maximum absolute atomic E-state index is 14.1. The fraction of sp³-hybridized carbons (Fsp3) is 0.0667. The molecule has 0 fully saturated rings. The number of aromatic hydroxyl groups is 1. The Bertz CT molecular complexity index is 860. The highest BCUT2D eigenvalue weighted by atomic mass is 19.1. The van der Waals surface area contributed by atoms with Crippen molar-refractivity contribution in [2.45, 2.75) is 0 Å². The second kappa shape index (κ2) is 5.36. The first-order valence-corrected chi connectivity index (χ1v) is 6.47. The molecule has 0 aliphatic carbocycles. The first-order chi connectivity index (χ1) is 10.5. The van der Waals surface area contributed by atoms with Crippen LogP contribution in [-0.2, 0) is 4.79 Å². The highest BCUT2D eigenvalue weighted by Gasteiger charge is 2.13. The van der Waals surface area contributed by atoms with E-state index in [9.17, 15) is 14.3 Å². The third kappa shape index (κ3) is 2.56. The standard InChI is InChI=1S/C15H12FN3O3/c16-12-5-8(20)1-2-9(12)11-6-13(18-7-14(21)22)19-15-10(11)3-4-17-15/h1-6,20H,7H2,(H,21,22)(H2,17,18,19). The fourth-order valence-corrected chi connectivity index (χ4v) is 2.24. The highest BCUT2D eigenvalue weighted by Crippen LogP contribution is 2.32. The van der Waals surface area contributed by atoms with Crippen LogP contribution in [0.5, 0.6) is 5.75 Å². The van der Waals surface area contributed by atoms with Gasteiger partial charge in [0.2, 0.25) is 0 Å². The number of aromatic amines is 1. The van der Waals surface area contributed by atoms with Crippen molar-refractivity contribution in [3.8, 4) is 16.9 Å². The van der Waals surface area contributed by atoms with Crippen LogP contribution >= 0.6 is 0 Å². The van der Waals surface area contributed by atoms with Crippen LogP contribution in [0.25, 0.3) is 22.2 Å². The van der Waals surface area contributed by atoms with E-state index in [1.165, 1.54) is 12.1 Å². The van der Waals surface area contributed by atoms with Gasteiger partial charge in [-0.2, -0.15) is 0 Å². The molecular weight excluding hydrogens is 289 g/mol. The fourth-order valence-electron chi connectivity index (χ4n) is 2.24. The summed E-state index contributed by atoms with van der Waals surface area (Å²) in [6, 6.07) is 7.22. The number of benzene rings is 1. The van der Waals surface area contributed by atoms with Crippen LogP contribution in [0.4, 0.5) is 10.2 Å². The van der Waals surface area contributed by atoms with Crippen LogP contribution in [0.2, 0.25) is 0 Å². The summed E-state index contributed by atoms with van der Waals surface area (Å²) in [5.41, 5.74) is 1.36. The molecule has 0 unspecified atom stereocenters. The Morgan fingerprint density at radius 3 is 2.82 bits per heavy atom. The number of nitrogens with zero attached hydrogens (tertiary/aromatic N) is 1. The molecule has 22 heavy (non-hydrogen) atoms. The summed E-state index contributed by atoms with van der Waals surface area (Å²) in [5.74, 6) is -1.44. The van der Waals surface area contributed by atoms with Crippen molar-refractivity contribution in [1.82, 2.24) is 9.97 Å². The maximum atomic E-state index is 14.1. The lowest BCUT2D eigenvalue weighted by atomic mass is 10.0. The van der Waals surface area contributed by atoms with Crippen LogP contribution in [-0.4, -0.2) is 32.7 Å². The summed E-state index contributed by atoms with van der Waals surface area (Å²) in [6.07, 6.45) is 1.67. The first kappa shape index (κ1) is 13.9. The van der Waals surface area contributed by atoms with Gasteiger partial charge in [0.25, 0.3) is 0 Å². The predicted molar refractivity (Wildman–Crippen MR) is 79.3 cm³/mol. The van der Waals surface area contributed by atoms with Gasteiger partial charge in [-0.15, -0.1) is 0 Å². The van der Waals surface area contributed by atoms with E-state index in [1.807, 2.05) is 0 Å². The Morgan fingerprint density at radius 1 is 1.27 bits per heavy atom. The summed E-state index contributed by atoms with van der Waals surface area (Å²) >= 11 is 0. The minimum atomic E-state index is -1.02. The number of nitrogens with one attached hydrogen (secondary N) is 2. The summed E-state index contributed by atoms with van der Waals surface area (Å²) in [4.78, 5) is 17.8. The minimum absolute atomic E-state index is 0.162. The lowest BCUT2D eigenvalue weighted by Gasteiger charge is -2.09. The Balaban J connectivity index is 2.14. The number of halogens is 1. The van der Waals surface area contributed by atoms with Crippen molar-refractivity contribution < 1.29 is 19.4 Å².